The molecule has 0 aliphatic carbocycles. The standard InChI is InChI=1S/C11H19N3O2S/c1-9(2)17(15,16)14-7-3-4-10(8-14)11-5-6-12-13-11/h5-6,9-10H,3-4,7-8H2,1-2H3,(H,12,13). The minimum Gasteiger partial charge on any atom is -0.282 e. The predicted octanol–water partition coefficient (Wildman–Crippen LogP) is 1.33. The van der Waals surface area contributed by atoms with Crippen molar-refractivity contribution in [1.29, 1.82) is 0 Å². The molecule has 1 aliphatic rings. The average Bonchev–Trinajstić information content (AvgIpc) is 2.82. The molecule has 1 aromatic rings. The van der Waals surface area contributed by atoms with Gasteiger partial charge < -0.3 is 0 Å². The lowest BCUT2D eigenvalue weighted by atomic mass is 9.96. The van der Waals surface area contributed by atoms with E-state index in [-0.39, 0.29) is 11.2 Å². The van der Waals surface area contributed by atoms with E-state index in [1.165, 1.54) is 0 Å². The van der Waals surface area contributed by atoms with Gasteiger partial charge in [0.2, 0.25) is 10.0 Å². The third kappa shape index (κ3) is 2.52. The Bertz CT molecular complexity index is 453. The van der Waals surface area contributed by atoms with Crippen molar-refractivity contribution in [2.24, 2.45) is 0 Å². The van der Waals surface area contributed by atoms with Crippen LogP contribution in [-0.4, -0.2) is 41.3 Å². The first kappa shape index (κ1) is 12.6. The largest absolute Gasteiger partial charge is 0.282 e. The number of aromatic amines is 1. The third-order valence-corrected chi connectivity index (χ3v) is 5.54. The van der Waals surface area contributed by atoms with E-state index >= 15 is 0 Å². The SMILES string of the molecule is CC(C)S(=O)(=O)N1CCCC(c2ccn[nH]2)C1. The first-order valence-electron chi connectivity index (χ1n) is 6.00. The van der Waals surface area contributed by atoms with Crippen LogP contribution in [0.5, 0.6) is 0 Å². The summed E-state index contributed by atoms with van der Waals surface area (Å²) in [4.78, 5) is 0. The Morgan fingerprint density at radius 3 is 2.88 bits per heavy atom. The van der Waals surface area contributed by atoms with Crippen molar-refractivity contribution >= 4 is 10.0 Å². The van der Waals surface area contributed by atoms with E-state index in [4.69, 9.17) is 0 Å². The fraction of sp³-hybridized carbons (Fsp3) is 0.727. The van der Waals surface area contributed by atoms with Gasteiger partial charge in [-0.25, -0.2) is 12.7 Å². The molecule has 0 radical (unpaired) electrons. The summed E-state index contributed by atoms with van der Waals surface area (Å²) in [6.45, 7) is 4.68. The smallest absolute Gasteiger partial charge is 0.216 e. The quantitative estimate of drug-likeness (QED) is 0.888. The Hall–Kier alpha value is -0.880. The van der Waals surface area contributed by atoms with Crippen LogP contribution in [0.25, 0.3) is 0 Å². The van der Waals surface area contributed by atoms with Crippen LogP contribution in [0.4, 0.5) is 0 Å². The van der Waals surface area contributed by atoms with Crippen LogP contribution in [0.3, 0.4) is 0 Å². The van der Waals surface area contributed by atoms with E-state index in [1.807, 2.05) is 6.07 Å². The summed E-state index contributed by atoms with van der Waals surface area (Å²) in [5.41, 5.74) is 1.04. The summed E-state index contributed by atoms with van der Waals surface area (Å²) in [5, 5.41) is 6.52. The summed E-state index contributed by atoms with van der Waals surface area (Å²) >= 11 is 0. The predicted molar refractivity (Wildman–Crippen MR) is 66.2 cm³/mol. The Morgan fingerprint density at radius 2 is 2.29 bits per heavy atom. The molecule has 1 aromatic heterocycles. The van der Waals surface area contributed by atoms with Crippen molar-refractivity contribution < 1.29 is 8.42 Å². The van der Waals surface area contributed by atoms with E-state index < -0.39 is 10.0 Å². The molecule has 0 bridgehead atoms. The van der Waals surface area contributed by atoms with Crippen molar-refractivity contribution in [2.45, 2.75) is 37.9 Å². The number of rotatable bonds is 3. The van der Waals surface area contributed by atoms with Crippen LogP contribution in [0.2, 0.25) is 0 Å². The van der Waals surface area contributed by atoms with E-state index in [0.29, 0.717) is 13.1 Å². The van der Waals surface area contributed by atoms with Crippen molar-refractivity contribution in [3.05, 3.63) is 18.0 Å². The second-order valence-corrected chi connectivity index (χ2v) is 7.29. The summed E-state index contributed by atoms with van der Waals surface area (Å²) in [5.74, 6) is 0.250. The van der Waals surface area contributed by atoms with Gasteiger partial charge in [-0.15, -0.1) is 0 Å². The minimum atomic E-state index is -3.12. The maximum atomic E-state index is 12.1. The molecule has 0 aromatic carbocycles. The molecule has 96 valence electrons. The van der Waals surface area contributed by atoms with E-state index in [2.05, 4.69) is 10.2 Å². The Morgan fingerprint density at radius 1 is 1.53 bits per heavy atom. The Labute approximate surface area is 102 Å². The van der Waals surface area contributed by atoms with E-state index in [1.54, 1.807) is 24.3 Å². The highest BCUT2D eigenvalue weighted by Gasteiger charge is 2.31. The average molecular weight is 257 g/mol. The molecule has 17 heavy (non-hydrogen) atoms. The van der Waals surface area contributed by atoms with Crippen molar-refractivity contribution in [3.63, 3.8) is 0 Å². The zero-order valence-electron chi connectivity index (χ0n) is 10.3. The van der Waals surface area contributed by atoms with Gasteiger partial charge in [0.05, 0.1) is 5.25 Å². The highest BCUT2D eigenvalue weighted by Crippen LogP contribution is 2.27. The van der Waals surface area contributed by atoms with Crippen LogP contribution in [0.15, 0.2) is 12.3 Å². The van der Waals surface area contributed by atoms with Crippen LogP contribution in [0.1, 0.15) is 38.3 Å². The number of nitrogens with one attached hydrogen (secondary N) is 1. The van der Waals surface area contributed by atoms with E-state index in [0.717, 1.165) is 18.5 Å². The maximum absolute atomic E-state index is 12.1. The lowest BCUT2D eigenvalue weighted by molar-refractivity contribution is 0.310. The number of piperidine rings is 1. The monoisotopic (exact) mass is 257 g/mol. The van der Waals surface area contributed by atoms with Gasteiger partial charge >= 0.3 is 0 Å². The highest BCUT2D eigenvalue weighted by atomic mass is 32.2. The van der Waals surface area contributed by atoms with Crippen molar-refractivity contribution in [3.8, 4) is 0 Å². The topological polar surface area (TPSA) is 66.1 Å². The fourth-order valence-electron chi connectivity index (χ4n) is 2.22. The van der Waals surface area contributed by atoms with Gasteiger partial charge in [0, 0.05) is 30.9 Å². The van der Waals surface area contributed by atoms with Gasteiger partial charge in [0.1, 0.15) is 0 Å². The molecule has 1 atom stereocenters. The molecular formula is C11H19N3O2S. The van der Waals surface area contributed by atoms with Crippen LogP contribution >= 0.6 is 0 Å². The number of nitrogens with zero attached hydrogens (tertiary/aromatic N) is 2. The molecule has 0 saturated carbocycles. The van der Waals surface area contributed by atoms with Gasteiger partial charge in [-0.2, -0.15) is 5.10 Å². The number of H-pyrrole nitrogens is 1. The van der Waals surface area contributed by atoms with Gasteiger partial charge in [-0.1, -0.05) is 0 Å². The van der Waals surface area contributed by atoms with Crippen molar-refractivity contribution in [1.82, 2.24) is 14.5 Å². The normalized spacial score (nSPS) is 23.1. The zero-order chi connectivity index (χ0) is 12.5. The van der Waals surface area contributed by atoms with Crippen LogP contribution in [-0.2, 0) is 10.0 Å². The van der Waals surface area contributed by atoms with Gasteiger partial charge in [-0.3, -0.25) is 5.10 Å². The lowest BCUT2D eigenvalue weighted by Crippen LogP contribution is -2.42. The second-order valence-electron chi connectivity index (χ2n) is 4.80. The highest BCUT2D eigenvalue weighted by molar-refractivity contribution is 7.89. The molecule has 2 rings (SSSR count). The lowest BCUT2D eigenvalue weighted by Gasteiger charge is -2.32. The Kier molecular flexibility index (Phi) is 3.53. The summed E-state index contributed by atoms with van der Waals surface area (Å²) in [7, 11) is -3.12. The number of hydrogen-bond donors (Lipinski definition) is 1. The number of hydrogen-bond acceptors (Lipinski definition) is 3. The second kappa shape index (κ2) is 4.78. The fourth-order valence-corrected chi connectivity index (χ4v) is 3.59. The van der Waals surface area contributed by atoms with Crippen LogP contribution in [0, 0.1) is 0 Å². The summed E-state index contributed by atoms with van der Waals surface area (Å²) in [6.07, 6.45) is 3.65. The molecule has 2 heterocycles. The third-order valence-electron chi connectivity index (χ3n) is 3.30. The van der Waals surface area contributed by atoms with Gasteiger partial charge in [0.25, 0.3) is 0 Å². The molecule has 0 spiro atoms. The number of aromatic nitrogens is 2. The zero-order valence-corrected chi connectivity index (χ0v) is 11.1. The van der Waals surface area contributed by atoms with Gasteiger partial charge in [-0.05, 0) is 32.8 Å². The van der Waals surface area contributed by atoms with Crippen LogP contribution < -0.4 is 0 Å². The number of sulfonamides is 1. The van der Waals surface area contributed by atoms with Gasteiger partial charge in [0.15, 0.2) is 0 Å². The summed E-state index contributed by atoms with van der Waals surface area (Å²) in [6, 6.07) is 1.93. The first-order chi connectivity index (χ1) is 8.01. The molecule has 1 saturated heterocycles. The molecule has 1 aliphatic heterocycles. The molecule has 5 nitrogen and oxygen atoms in total. The summed E-state index contributed by atoms with van der Waals surface area (Å²) < 4.78 is 25.8. The molecule has 0 amide bonds. The maximum Gasteiger partial charge on any atom is 0.216 e. The molecule has 1 fully saturated rings. The molecule has 1 N–H and O–H groups in total. The van der Waals surface area contributed by atoms with E-state index in [9.17, 15) is 8.42 Å². The Balaban J connectivity index is 2.13. The molecule has 6 heteroatoms. The minimum absolute atomic E-state index is 0.250. The first-order valence-corrected chi connectivity index (χ1v) is 7.50. The van der Waals surface area contributed by atoms with Crippen molar-refractivity contribution in [2.75, 3.05) is 13.1 Å². The molecular weight excluding hydrogens is 238 g/mol. The molecule has 1 unspecified atom stereocenters.